The number of hydrogen-bond donors (Lipinski definition) is 1. The molecule has 0 saturated heterocycles. The van der Waals surface area contributed by atoms with E-state index in [1.807, 2.05) is 6.92 Å². The van der Waals surface area contributed by atoms with Crippen LogP contribution in [0.1, 0.15) is 43.9 Å². The van der Waals surface area contributed by atoms with Gasteiger partial charge in [-0.1, -0.05) is 31.2 Å². The van der Waals surface area contributed by atoms with Crippen molar-refractivity contribution in [2.45, 2.75) is 45.3 Å². The van der Waals surface area contributed by atoms with Gasteiger partial charge in [0.15, 0.2) is 0 Å². The first-order chi connectivity index (χ1) is 9.85. The summed E-state index contributed by atoms with van der Waals surface area (Å²) in [6.45, 7) is 7.63. The van der Waals surface area contributed by atoms with Crippen LogP contribution >= 0.6 is 0 Å². The Morgan fingerprint density at radius 3 is 3.00 bits per heavy atom. The zero-order valence-corrected chi connectivity index (χ0v) is 12.7. The molecule has 20 heavy (non-hydrogen) atoms. The van der Waals surface area contributed by atoms with E-state index in [9.17, 15) is 0 Å². The van der Waals surface area contributed by atoms with Crippen LogP contribution in [0.5, 0.6) is 0 Å². The molecule has 1 aliphatic heterocycles. The van der Waals surface area contributed by atoms with Crippen molar-refractivity contribution < 1.29 is 9.47 Å². The minimum atomic E-state index is 0.203. The lowest BCUT2D eigenvalue weighted by Gasteiger charge is -2.29. The van der Waals surface area contributed by atoms with Gasteiger partial charge in [-0.25, -0.2) is 0 Å². The van der Waals surface area contributed by atoms with Crippen molar-refractivity contribution in [1.82, 2.24) is 5.32 Å². The van der Waals surface area contributed by atoms with Crippen LogP contribution in [0.3, 0.4) is 0 Å². The maximum absolute atomic E-state index is 6.00. The second-order valence-electron chi connectivity index (χ2n) is 5.35. The summed E-state index contributed by atoms with van der Waals surface area (Å²) >= 11 is 0. The molecule has 0 aromatic heterocycles. The molecule has 1 heterocycles. The summed E-state index contributed by atoms with van der Waals surface area (Å²) in [4.78, 5) is 0. The molecule has 2 unspecified atom stereocenters. The third-order valence-electron chi connectivity index (χ3n) is 3.80. The van der Waals surface area contributed by atoms with Gasteiger partial charge in [-0.2, -0.15) is 0 Å². The van der Waals surface area contributed by atoms with Crippen molar-refractivity contribution in [3.8, 4) is 0 Å². The van der Waals surface area contributed by atoms with E-state index in [1.165, 1.54) is 11.1 Å². The molecule has 0 amide bonds. The molecule has 3 nitrogen and oxygen atoms in total. The fourth-order valence-electron chi connectivity index (χ4n) is 2.75. The zero-order chi connectivity index (χ0) is 14.2. The van der Waals surface area contributed by atoms with Crippen molar-refractivity contribution in [3.63, 3.8) is 0 Å². The van der Waals surface area contributed by atoms with Crippen LogP contribution in [-0.4, -0.2) is 32.4 Å². The average Bonchev–Trinajstić information content (AvgIpc) is 2.50. The Bertz CT molecular complexity index is 386. The smallest absolute Gasteiger partial charge is 0.0843 e. The highest BCUT2D eigenvalue weighted by molar-refractivity contribution is 5.31. The minimum Gasteiger partial charge on any atom is -0.380 e. The summed E-state index contributed by atoms with van der Waals surface area (Å²) in [5, 5.41) is 3.58. The predicted octanol–water partition coefficient (Wildman–Crippen LogP) is 3.10. The van der Waals surface area contributed by atoms with Crippen LogP contribution in [0.25, 0.3) is 0 Å². The SMILES string of the molecule is CCCNC(COCC)CC1OCCc2ccccc21. The van der Waals surface area contributed by atoms with Crippen LogP contribution in [0.15, 0.2) is 24.3 Å². The van der Waals surface area contributed by atoms with Crippen LogP contribution in [0.2, 0.25) is 0 Å². The van der Waals surface area contributed by atoms with E-state index in [0.717, 1.165) is 45.6 Å². The summed E-state index contributed by atoms with van der Waals surface area (Å²) in [5.74, 6) is 0. The molecule has 1 aromatic carbocycles. The molecule has 2 atom stereocenters. The lowest BCUT2D eigenvalue weighted by Crippen LogP contribution is -2.36. The molecule has 0 aliphatic carbocycles. The van der Waals surface area contributed by atoms with Gasteiger partial charge >= 0.3 is 0 Å². The van der Waals surface area contributed by atoms with E-state index in [0.29, 0.717) is 6.04 Å². The lowest BCUT2D eigenvalue weighted by molar-refractivity contribution is 0.0181. The highest BCUT2D eigenvalue weighted by Gasteiger charge is 2.23. The first kappa shape index (κ1) is 15.5. The summed E-state index contributed by atoms with van der Waals surface area (Å²) < 4.78 is 11.6. The van der Waals surface area contributed by atoms with Gasteiger partial charge in [-0.15, -0.1) is 0 Å². The topological polar surface area (TPSA) is 30.5 Å². The fourth-order valence-corrected chi connectivity index (χ4v) is 2.75. The zero-order valence-electron chi connectivity index (χ0n) is 12.7. The van der Waals surface area contributed by atoms with Crippen LogP contribution in [0, 0.1) is 0 Å². The van der Waals surface area contributed by atoms with Crippen molar-refractivity contribution in [2.75, 3.05) is 26.4 Å². The number of fused-ring (bicyclic) bond motifs is 1. The fraction of sp³-hybridized carbons (Fsp3) is 0.647. The Balaban J connectivity index is 1.99. The number of benzene rings is 1. The van der Waals surface area contributed by atoms with Crippen molar-refractivity contribution in [2.24, 2.45) is 0 Å². The number of ether oxygens (including phenoxy) is 2. The van der Waals surface area contributed by atoms with E-state index in [-0.39, 0.29) is 6.10 Å². The Morgan fingerprint density at radius 2 is 2.20 bits per heavy atom. The van der Waals surface area contributed by atoms with E-state index in [2.05, 4.69) is 36.5 Å². The molecule has 0 saturated carbocycles. The number of hydrogen-bond acceptors (Lipinski definition) is 3. The monoisotopic (exact) mass is 277 g/mol. The largest absolute Gasteiger partial charge is 0.380 e. The molecule has 0 fully saturated rings. The molecule has 2 rings (SSSR count). The minimum absolute atomic E-state index is 0.203. The normalized spacial score (nSPS) is 19.6. The maximum Gasteiger partial charge on any atom is 0.0843 e. The van der Waals surface area contributed by atoms with Gasteiger partial charge in [0.1, 0.15) is 0 Å². The summed E-state index contributed by atoms with van der Waals surface area (Å²) in [6, 6.07) is 9.02. The molecule has 0 radical (unpaired) electrons. The Hall–Kier alpha value is -0.900. The second-order valence-corrected chi connectivity index (χ2v) is 5.35. The second kappa shape index (κ2) is 8.40. The van der Waals surface area contributed by atoms with Gasteiger partial charge in [0.25, 0.3) is 0 Å². The van der Waals surface area contributed by atoms with Gasteiger partial charge in [0.2, 0.25) is 0 Å². The van der Waals surface area contributed by atoms with E-state index in [1.54, 1.807) is 0 Å². The molecule has 1 aromatic rings. The third kappa shape index (κ3) is 4.30. The highest BCUT2D eigenvalue weighted by atomic mass is 16.5. The average molecular weight is 277 g/mol. The van der Waals surface area contributed by atoms with Crippen molar-refractivity contribution in [3.05, 3.63) is 35.4 Å². The van der Waals surface area contributed by atoms with Crippen molar-refractivity contribution in [1.29, 1.82) is 0 Å². The van der Waals surface area contributed by atoms with Crippen LogP contribution < -0.4 is 5.32 Å². The van der Waals surface area contributed by atoms with Crippen LogP contribution in [-0.2, 0) is 15.9 Å². The highest BCUT2D eigenvalue weighted by Crippen LogP contribution is 2.30. The van der Waals surface area contributed by atoms with Crippen molar-refractivity contribution >= 4 is 0 Å². The summed E-state index contributed by atoms with van der Waals surface area (Å²) in [7, 11) is 0. The molecular weight excluding hydrogens is 250 g/mol. The quantitative estimate of drug-likeness (QED) is 0.792. The third-order valence-corrected chi connectivity index (χ3v) is 3.80. The predicted molar refractivity (Wildman–Crippen MR) is 82.0 cm³/mol. The van der Waals surface area contributed by atoms with Gasteiger partial charge in [0.05, 0.1) is 19.3 Å². The number of nitrogens with one attached hydrogen (secondary N) is 1. The van der Waals surface area contributed by atoms with Gasteiger partial charge in [-0.05, 0) is 43.9 Å². The Labute approximate surface area is 122 Å². The molecule has 1 N–H and O–H groups in total. The molecule has 0 spiro atoms. The Morgan fingerprint density at radius 1 is 1.35 bits per heavy atom. The number of rotatable bonds is 8. The molecule has 1 aliphatic rings. The van der Waals surface area contributed by atoms with Gasteiger partial charge in [0, 0.05) is 12.6 Å². The standard InChI is InChI=1S/C17H27NO2/c1-3-10-18-15(13-19-4-2)12-17-16-8-6-5-7-14(16)9-11-20-17/h5-8,15,17-18H,3-4,9-13H2,1-2H3. The Kier molecular flexibility index (Phi) is 6.51. The first-order valence-electron chi connectivity index (χ1n) is 7.85. The van der Waals surface area contributed by atoms with E-state index < -0.39 is 0 Å². The molecule has 0 bridgehead atoms. The maximum atomic E-state index is 6.00. The molecule has 3 heteroatoms. The van der Waals surface area contributed by atoms with Crippen LogP contribution in [0.4, 0.5) is 0 Å². The van der Waals surface area contributed by atoms with Gasteiger partial charge in [-0.3, -0.25) is 0 Å². The molecule has 112 valence electrons. The summed E-state index contributed by atoms with van der Waals surface area (Å²) in [6.07, 6.45) is 3.36. The lowest BCUT2D eigenvalue weighted by atomic mass is 9.93. The van der Waals surface area contributed by atoms with E-state index >= 15 is 0 Å². The molecular formula is C17H27NO2. The van der Waals surface area contributed by atoms with Gasteiger partial charge < -0.3 is 14.8 Å². The first-order valence-corrected chi connectivity index (χ1v) is 7.85. The summed E-state index contributed by atoms with van der Waals surface area (Å²) in [5.41, 5.74) is 2.80. The van der Waals surface area contributed by atoms with E-state index in [4.69, 9.17) is 9.47 Å².